The lowest BCUT2D eigenvalue weighted by atomic mass is 10.3. The molecular weight excluding hydrogens is 248 g/mol. The van der Waals surface area contributed by atoms with Crippen LogP contribution in [0.15, 0.2) is 6.07 Å². The lowest BCUT2D eigenvalue weighted by Gasteiger charge is -2.20. The number of aromatic nitrogens is 2. The Kier molecular flexibility index (Phi) is 5.85. The molecule has 0 radical (unpaired) electrons. The Morgan fingerprint density at radius 2 is 2.24 bits per heavy atom. The monoisotopic (exact) mass is 265 g/mol. The SMILES string of the molecule is CCc1cc(CN(CCCl)CC(F)F)n(C)n1. The predicted octanol–water partition coefficient (Wildman–Crippen LogP) is 2.29. The van der Waals surface area contributed by atoms with Crippen LogP contribution < -0.4 is 0 Å². The fourth-order valence-corrected chi connectivity index (χ4v) is 1.91. The van der Waals surface area contributed by atoms with E-state index in [0.717, 1.165) is 17.8 Å². The van der Waals surface area contributed by atoms with Crippen LogP contribution in [0, 0.1) is 0 Å². The second-order valence-corrected chi connectivity index (χ2v) is 4.30. The highest BCUT2D eigenvalue weighted by molar-refractivity contribution is 6.18. The van der Waals surface area contributed by atoms with Gasteiger partial charge in [0.05, 0.1) is 17.9 Å². The minimum Gasteiger partial charge on any atom is -0.291 e. The van der Waals surface area contributed by atoms with Crippen molar-refractivity contribution in [1.29, 1.82) is 0 Å². The Bertz CT molecular complexity index is 341. The molecule has 0 aromatic carbocycles. The normalized spacial score (nSPS) is 11.7. The molecule has 0 aliphatic rings. The number of hydrogen-bond donors (Lipinski definition) is 0. The highest BCUT2D eigenvalue weighted by Gasteiger charge is 2.14. The molecule has 1 rings (SSSR count). The van der Waals surface area contributed by atoms with Crippen LogP contribution in [0.3, 0.4) is 0 Å². The number of halogens is 3. The van der Waals surface area contributed by atoms with Gasteiger partial charge in [-0.25, -0.2) is 8.78 Å². The first kappa shape index (κ1) is 14.4. The number of hydrogen-bond acceptors (Lipinski definition) is 2. The van der Waals surface area contributed by atoms with Crippen molar-refractivity contribution in [2.24, 2.45) is 7.05 Å². The van der Waals surface area contributed by atoms with Crippen LogP contribution in [0.1, 0.15) is 18.3 Å². The maximum Gasteiger partial charge on any atom is 0.251 e. The van der Waals surface area contributed by atoms with E-state index in [1.165, 1.54) is 0 Å². The number of rotatable bonds is 7. The molecule has 6 heteroatoms. The van der Waals surface area contributed by atoms with Crippen LogP contribution in [-0.2, 0) is 20.0 Å². The van der Waals surface area contributed by atoms with Gasteiger partial charge in [0.15, 0.2) is 0 Å². The summed E-state index contributed by atoms with van der Waals surface area (Å²) in [6, 6.07) is 1.95. The van der Waals surface area contributed by atoms with E-state index in [1.54, 1.807) is 9.58 Å². The molecule has 3 nitrogen and oxygen atoms in total. The third-order valence-electron chi connectivity index (χ3n) is 2.57. The summed E-state index contributed by atoms with van der Waals surface area (Å²) in [7, 11) is 1.83. The first-order valence-electron chi connectivity index (χ1n) is 5.65. The maximum absolute atomic E-state index is 12.4. The highest BCUT2D eigenvalue weighted by Crippen LogP contribution is 2.09. The Hall–Kier alpha value is -0.680. The second kappa shape index (κ2) is 6.91. The molecule has 0 saturated carbocycles. The second-order valence-electron chi connectivity index (χ2n) is 3.92. The molecule has 0 unspecified atom stereocenters. The zero-order chi connectivity index (χ0) is 12.8. The third-order valence-corrected chi connectivity index (χ3v) is 2.74. The molecule has 0 atom stereocenters. The van der Waals surface area contributed by atoms with Crippen LogP contribution in [0.2, 0.25) is 0 Å². The summed E-state index contributed by atoms with van der Waals surface area (Å²) in [5.74, 6) is 0.352. The number of alkyl halides is 3. The zero-order valence-electron chi connectivity index (χ0n) is 10.2. The Balaban J connectivity index is 2.67. The van der Waals surface area contributed by atoms with Gasteiger partial charge in [0.2, 0.25) is 0 Å². The molecule has 0 fully saturated rings. The summed E-state index contributed by atoms with van der Waals surface area (Å²) < 4.78 is 26.5. The van der Waals surface area contributed by atoms with Crippen LogP contribution in [0.25, 0.3) is 0 Å². The van der Waals surface area contributed by atoms with Crippen molar-refractivity contribution in [3.05, 3.63) is 17.5 Å². The fourth-order valence-electron chi connectivity index (χ4n) is 1.67. The zero-order valence-corrected chi connectivity index (χ0v) is 10.9. The summed E-state index contributed by atoms with van der Waals surface area (Å²) in [4.78, 5) is 1.65. The fraction of sp³-hybridized carbons (Fsp3) is 0.727. The molecule has 98 valence electrons. The molecule has 1 aromatic heterocycles. The van der Waals surface area contributed by atoms with Crippen molar-refractivity contribution in [2.75, 3.05) is 19.0 Å². The molecule has 1 heterocycles. The van der Waals surface area contributed by atoms with Crippen LogP contribution in [0.5, 0.6) is 0 Å². The van der Waals surface area contributed by atoms with E-state index in [0.29, 0.717) is 19.0 Å². The Morgan fingerprint density at radius 1 is 1.53 bits per heavy atom. The van der Waals surface area contributed by atoms with E-state index in [2.05, 4.69) is 5.10 Å². The van der Waals surface area contributed by atoms with Crippen LogP contribution in [-0.4, -0.2) is 40.1 Å². The van der Waals surface area contributed by atoms with Gasteiger partial charge < -0.3 is 0 Å². The average molecular weight is 266 g/mol. The highest BCUT2D eigenvalue weighted by atomic mass is 35.5. The van der Waals surface area contributed by atoms with Gasteiger partial charge in [0, 0.05) is 26.0 Å². The lowest BCUT2D eigenvalue weighted by Crippen LogP contribution is -2.31. The Labute approximate surface area is 105 Å². The molecule has 0 aliphatic carbocycles. The molecule has 0 spiro atoms. The average Bonchev–Trinajstić information content (AvgIpc) is 2.59. The van der Waals surface area contributed by atoms with Gasteiger partial charge in [-0.05, 0) is 12.5 Å². The van der Waals surface area contributed by atoms with Gasteiger partial charge >= 0.3 is 0 Å². The minimum absolute atomic E-state index is 0.251. The predicted molar refractivity (Wildman–Crippen MR) is 64.6 cm³/mol. The van der Waals surface area contributed by atoms with Crippen molar-refractivity contribution in [3.8, 4) is 0 Å². The molecule has 1 aromatic rings. The van der Waals surface area contributed by atoms with Crippen LogP contribution >= 0.6 is 11.6 Å². The molecule has 0 N–H and O–H groups in total. The summed E-state index contributed by atoms with van der Waals surface area (Å²) in [6.07, 6.45) is -1.49. The summed E-state index contributed by atoms with van der Waals surface area (Å²) in [6.45, 7) is 2.68. The van der Waals surface area contributed by atoms with E-state index in [4.69, 9.17) is 11.6 Å². The van der Waals surface area contributed by atoms with E-state index in [-0.39, 0.29) is 6.54 Å². The van der Waals surface area contributed by atoms with Gasteiger partial charge in [0.1, 0.15) is 0 Å². The van der Waals surface area contributed by atoms with E-state index >= 15 is 0 Å². The van der Waals surface area contributed by atoms with Crippen molar-refractivity contribution < 1.29 is 8.78 Å². The molecule has 0 saturated heterocycles. The Morgan fingerprint density at radius 3 is 2.71 bits per heavy atom. The van der Waals surface area contributed by atoms with Crippen molar-refractivity contribution >= 4 is 11.6 Å². The van der Waals surface area contributed by atoms with Gasteiger partial charge in [-0.3, -0.25) is 9.58 Å². The maximum atomic E-state index is 12.4. The standard InChI is InChI=1S/C11H18ClF2N3/c1-3-9-6-10(16(2)15-9)7-17(5-4-12)8-11(13)14/h6,11H,3-5,7-8H2,1-2H3. The molecule has 0 bridgehead atoms. The number of aryl methyl sites for hydroxylation is 2. The molecule has 0 aliphatic heterocycles. The summed E-state index contributed by atoms with van der Waals surface area (Å²) in [5, 5.41) is 4.29. The molecular formula is C11H18ClF2N3. The van der Waals surface area contributed by atoms with Gasteiger partial charge in [0.25, 0.3) is 6.43 Å². The molecule has 0 amide bonds. The van der Waals surface area contributed by atoms with Gasteiger partial charge in [-0.2, -0.15) is 5.10 Å². The van der Waals surface area contributed by atoms with Gasteiger partial charge in [-0.15, -0.1) is 11.6 Å². The van der Waals surface area contributed by atoms with Crippen molar-refractivity contribution in [3.63, 3.8) is 0 Å². The van der Waals surface area contributed by atoms with Gasteiger partial charge in [-0.1, -0.05) is 6.92 Å². The quantitative estimate of drug-likeness (QED) is 0.706. The van der Waals surface area contributed by atoms with E-state index in [9.17, 15) is 8.78 Å². The van der Waals surface area contributed by atoms with Crippen LogP contribution in [0.4, 0.5) is 8.78 Å². The van der Waals surface area contributed by atoms with E-state index in [1.807, 2.05) is 20.0 Å². The van der Waals surface area contributed by atoms with E-state index < -0.39 is 6.43 Å². The smallest absolute Gasteiger partial charge is 0.251 e. The minimum atomic E-state index is -2.34. The largest absolute Gasteiger partial charge is 0.291 e. The number of nitrogens with zero attached hydrogens (tertiary/aromatic N) is 3. The third kappa shape index (κ3) is 4.60. The first-order valence-corrected chi connectivity index (χ1v) is 6.18. The van der Waals surface area contributed by atoms with Crippen molar-refractivity contribution in [2.45, 2.75) is 26.3 Å². The first-order chi connectivity index (χ1) is 8.06. The van der Waals surface area contributed by atoms with Crippen molar-refractivity contribution in [1.82, 2.24) is 14.7 Å². The topological polar surface area (TPSA) is 21.1 Å². The molecule has 17 heavy (non-hydrogen) atoms. The summed E-state index contributed by atoms with van der Waals surface area (Å²) >= 11 is 5.61. The lowest BCUT2D eigenvalue weighted by molar-refractivity contribution is 0.0867. The summed E-state index contributed by atoms with van der Waals surface area (Å²) in [5.41, 5.74) is 1.91.